The molecular formula is C17H31N3O2. The molecule has 0 amide bonds. The van der Waals surface area contributed by atoms with Crippen molar-refractivity contribution < 1.29 is 9.47 Å². The van der Waals surface area contributed by atoms with Gasteiger partial charge in [-0.05, 0) is 51.4 Å². The minimum absolute atomic E-state index is 0.333. The Labute approximate surface area is 134 Å². The van der Waals surface area contributed by atoms with Crippen LogP contribution in [0.25, 0.3) is 0 Å². The largest absolute Gasteiger partial charge is 0.376 e. The maximum atomic E-state index is 6.09. The molecule has 1 aliphatic carbocycles. The zero-order chi connectivity index (χ0) is 15.2. The van der Waals surface area contributed by atoms with E-state index in [9.17, 15) is 0 Å². The number of nitrogens with one attached hydrogen (secondary N) is 1. The molecule has 1 N–H and O–H groups in total. The van der Waals surface area contributed by atoms with Gasteiger partial charge in [-0.2, -0.15) is 0 Å². The van der Waals surface area contributed by atoms with E-state index in [0.717, 1.165) is 51.5 Å². The summed E-state index contributed by atoms with van der Waals surface area (Å²) in [6.45, 7) is 3.78. The molecule has 1 saturated carbocycles. The Kier molecular flexibility index (Phi) is 5.96. The summed E-state index contributed by atoms with van der Waals surface area (Å²) in [6.07, 6.45) is 10.5. The maximum absolute atomic E-state index is 6.09. The number of hydrogen-bond donors (Lipinski definition) is 1. The van der Waals surface area contributed by atoms with Gasteiger partial charge in [0.15, 0.2) is 5.96 Å². The average Bonchev–Trinajstić information content (AvgIpc) is 2.54. The maximum Gasteiger partial charge on any atom is 0.193 e. The van der Waals surface area contributed by atoms with Gasteiger partial charge in [-0.25, -0.2) is 0 Å². The van der Waals surface area contributed by atoms with E-state index in [2.05, 4.69) is 15.2 Å². The highest BCUT2D eigenvalue weighted by Gasteiger charge is 2.26. The lowest BCUT2D eigenvalue weighted by Gasteiger charge is -2.37. The first-order valence-corrected chi connectivity index (χ1v) is 9.06. The molecule has 3 rings (SSSR count). The molecule has 0 aromatic carbocycles. The predicted octanol–water partition coefficient (Wildman–Crippen LogP) is 2.16. The highest BCUT2D eigenvalue weighted by atomic mass is 16.5. The molecule has 0 aromatic rings. The second kappa shape index (κ2) is 8.16. The number of guanidine groups is 1. The van der Waals surface area contributed by atoms with Crippen LogP contribution in [0.2, 0.25) is 0 Å². The Balaban J connectivity index is 1.35. The molecule has 0 aromatic heterocycles. The van der Waals surface area contributed by atoms with Crippen LogP contribution in [0.4, 0.5) is 0 Å². The van der Waals surface area contributed by atoms with Crippen molar-refractivity contribution in [2.45, 2.75) is 69.6 Å². The van der Waals surface area contributed by atoms with Crippen LogP contribution in [0.3, 0.4) is 0 Å². The van der Waals surface area contributed by atoms with Gasteiger partial charge in [-0.3, -0.25) is 4.99 Å². The minimum Gasteiger partial charge on any atom is -0.376 e. The van der Waals surface area contributed by atoms with Crippen LogP contribution in [0.5, 0.6) is 0 Å². The third kappa shape index (κ3) is 4.35. The summed E-state index contributed by atoms with van der Waals surface area (Å²) >= 11 is 0. The highest BCUT2D eigenvalue weighted by molar-refractivity contribution is 5.80. The zero-order valence-corrected chi connectivity index (χ0v) is 13.9. The zero-order valence-electron chi connectivity index (χ0n) is 13.9. The van der Waals surface area contributed by atoms with Crippen molar-refractivity contribution in [3.63, 3.8) is 0 Å². The molecule has 0 spiro atoms. The monoisotopic (exact) mass is 309 g/mol. The lowest BCUT2D eigenvalue weighted by molar-refractivity contribution is -0.0721. The third-order valence-corrected chi connectivity index (χ3v) is 5.18. The number of piperidine rings is 1. The number of nitrogens with zero attached hydrogens (tertiary/aromatic N) is 2. The van der Waals surface area contributed by atoms with Crippen LogP contribution in [0.15, 0.2) is 4.99 Å². The first kappa shape index (κ1) is 16.1. The fraction of sp³-hybridized carbons (Fsp3) is 0.941. The second-order valence-electron chi connectivity index (χ2n) is 6.83. The first-order valence-electron chi connectivity index (χ1n) is 9.06. The molecule has 0 radical (unpaired) electrons. The molecule has 2 heterocycles. The lowest BCUT2D eigenvalue weighted by atomic mass is 9.93. The SMILES string of the molecule is CN=C(NC1CCC1)N1CCC(OCC2CCCCO2)CC1. The van der Waals surface area contributed by atoms with E-state index < -0.39 is 0 Å². The Hall–Kier alpha value is -0.810. The molecule has 5 heteroatoms. The van der Waals surface area contributed by atoms with Crippen LogP contribution in [0, 0.1) is 0 Å². The number of likely N-dealkylation sites (tertiary alicyclic amines) is 1. The van der Waals surface area contributed by atoms with Crippen molar-refractivity contribution in [2.24, 2.45) is 4.99 Å². The van der Waals surface area contributed by atoms with Gasteiger partial charge in [-0.1, -0.05) is 0 Å². The van der Waals surface area contributed by atoms with Crippen molar-refractivity contribution in [1.29, 1.82) is 0 Å². The van der Waals surface area contributed by atoms with E-state index in [1.54, 1.807) is 0 Å². The molecule has 126 valence electrons. The molecule has 1 atom stereocenters. The summed E-state index contributed by atoms with van der Waals surface area (Å²) < 4.78 is 11.8. The van der Waals surface area contributed by atoms with E-state index in [1.165, 1.54) is 32.1 Å². The van der Waals surface area contributed by atoms with E-state index in [1.807, 2.05) is 7.05 Å². The van der Waals surface area contributed by atoms with Crippen molar-refractivity contribution in [1.82, 2.24) is 10.2 Å². The van der Waals surface area contributed by atoms with Crippen molar-refractivity contribution >= 4 is 5.96 Å². The van der Waals surface area contributed by atoms with E-state index in [-0.39, 0.29) is 0 Å². The van der Waals surface area contributed by atoms with Gasteiger partial charge in [0.05, 0.1) is 18.8 Å². The lowest BCUT2D eigenvalue weighted by Crippen LogP contribution is -2.51. The van der Waals surface area contributed by atoms with Gasteiger partial charge in [-0.15, -0.1) is 0 Å². The summed E-state index contributed by atoms with van der Waals surface area (Å²) in [5.41, 5.74) is 0. The topological polar surface area (TPSA) is 46.1 Å². The van der Waals surface area contributed by atoms with Crippen LogP contribution in [-0.2, 0) is 9.47 Å². The molecule has 2 saturated heterocycles. The standard InChI is InChI=1S/C17H31N3O2/c1-18-17(19-14-5-4-6-14)20-10-8-15(9-11-20)22-13-16-7-2-3-12-21-16/h14-16H,2-13H2,1H3,(H,18,19). The fourth-order valence-corrected chi connectivity index (χ4v) is 3.45. The Morgan fingerprint density at radius 3 is 2.55 bits per heavy atom. The Bertz CT molecular complexity index is 357. The van der Waals surface area contributed by atoms with Crippen LogP contribution >= 0.6 is 0 Å². The molecule has 3 fully saturated rings. The number of hydrogen-bond acceptors (Lipinski definition) is 3. The number of ether oxygens (including phenoxy) is 2. The van der Waals surface area contributed by atoms with Gasteiger partial charge in [0.25, 0.3) is 0 Å². The van der Waals surface area contributed by atoms with E-state index in [4.69, 9.17) is 9.47 Å². The average molecular weight is 309 g/mol. The number of aliphatic imine (C=N–C) groups is 1. The minimum atomic E-state index is 0.333. The highest BCUT2D eigenvalue weighted by Crippen LogP contribution is 2.20. The van der Waals surface area contributed by atoms with Crippen molar-refractivity contribution in [3.8, 4) is 0 Å². The van der Waals surface area contributed by atoms with E-state index in [0.29, 0.717) is 18.2 Å². The fourth-order valence-electron chi connectivity index (χ4n) is 3.45. The van der Waals surface area contributed by atoms with Gasteiger partial charge in [0.1, 0.15) is 0 Å². The van der Waals surface area contributed by atoms with Crippen LogP contribution < -0.4 is 5.32 Å². The third-order valence-electron chi connectivity index (χ3n) is 5.18. The molecule has 1 unspecified atom stereocenters. The second-order valence-corrected chi connectivity index (χ2v) is 6.83. The summed E-state index contributed by atoms with van der Waals surface area (Å²) in [5, 5.41) is 3.59. The van der Waals surface area contributed by atoms with Gasteiger partial charge in [0.2, 0.25) is 0 Å². The Morgan fingerprint density at radius 1 is 1.14 bits per heavy atom. The normalized spacial score (nSPS) is 28.5. The van der Waals surface area contributed by atoms with Crippen LogP contribution in [0.1, 0.15) is 51.4 Å². The van der Waals surface area contributed by atoms with Crippen molar-refractivity contribution in [2.75, 3.05) is 33.4 Å². The molecular weight excluding hydrogens is 278 g/mol. The summed E-state index contributed by atoms with van der Waals surface area (Å²) in [4.78, 5) is 6.83. The number of rotatable bonds is 4. The molecule has 22 heavy (non-hydrogen) atoms. The first-order chi connectivity index (χ1) is 10.8. The molecule has 3 aliphatic rings. The summed E-state index contributed by atoms with van der Waals surface area (Å²) in [6, 6.07) is 0.649. The molecule has 2 aliphatic heterocycles. The van der Waals surface area contributed by atoms with Crippen LogP contribution in [-0.4, -0.2) is 62.5 Å². The molecule has 5 nitrogen and oxygen atoms in total. The summed E-state index contributed by atoms with van der Waals surface area (Å²) in [5.74, 6) is 1.08. The van der Waals surface area contributed by atoms with E-state index >= 15 is 0 Å². The summed E-state index contributed by atoms with van der Waals surface area (Å²) in [7, 11) is 1.89. The quantitative estimate of drug-likeness (QED) is 0.638. The van der Waals surface area contributed by atoms with Crippen molar-refractivity contribution in [3.05, 3.63) is 0 Å². The smallest absolute Gasteiger partial charge is 0.193 e. The molecule has 0 bridgehead atoms. The van der Waals surface area contributed by atoms with Gasteiger partial charge in [0, 0.05) is 32.8 Å². The van der Waals surface area contributed by atoms with Gasteiger partial charge < -0.3 is 19.7 Å². The van der Waals surface area contributed by atoms with Gasteiger partial charge >= 0.3 is 0 Å². The predicted molar refractivity (Wildman–Crippen MR) is 88.3 cm³/mol. The Morgan fingerprint density at radius 2 is 1.95 bits per heavy atom.